The third-order valence-corrected chi connectivity index (χ3v) is 8.77. The lowest BCUT2D eigenvalue weighted by molar-refractivity contribution is -0.173. The number of thiocarbonyl (C=S) groups is 1. The summed E-state index contributed by atoms with van der Waals surface area (Å²) in [6, 6.07) is 0. The smallest absolute Gasteiger partial charge is 0.344 e. The van der Waals surface area contributed by atoms with E-state index in [-0.39, 0.29) is 30.0 Å². The SMILES string of the molecule is [3H]O[C@H]1CCC[C@@]2(C)C1CC[C@@H]2[C@H](C)C[C@@H](CO)C(OC(C)=S)[C@@]1(C)O[C@H](C(C)(C)C)OC1=O. The Balaban J connectivity index is 1.82. The summed E-state index contributed by atoms with van der Waals surface area (Å²) in [6.45, 7) is 13.7. The minimum Gasteiger partial charge on any atom is -0.480 e. The molecule has 2 saturated carbocycles. The topological polar surface area (TPSA) is 85.2 Å². The second-order valence-corrected chi connectivity index (χ2v) is 12.8. The number of carbonyl (C=O) groups is 1. The van der Waals surface area contributed by atoms with Gasteiger partial charge >= 0.3 is 5.97 Å². The van der Waals surface area contributed by atoms with Gasteiger partial charge in [0.1, 0.15) is 6.10 Å². The van der Waals surface area contributed by atoms with Crippen LogP contribution in [0.4, 0.5) is 0 Å². The van der Waals surface area contributed by atoms with Crippen LogP contribution in [0.1, 0.15) is 87.0 Å². The Bertz CT molecular complexity index is 756. The zero-order chi connectivity index (χ0) is 25.5. The summed E-state index contributed by atoms with van der Waals surface area (Å²) in [6.07, 6.45) is 4.55. The van der Waals surface area contributed by atoms with Gasteiger partial charge in [-0.1, -0.05) is 41.0 Å². The number of aliphatic hydroxyl groups excluding tert-OH is 2. The number of ether oxygens (including phenoxy) is 3. The average molecular weight is 487 g/mol. The highest BCUT2D eigenvalue weighted by atomic mass is 32.1. The van der Waals surface area contributed by atoms with Crippen molar-refractivity contribution >= 4 is 23.2 Å². The molecule has 0 spiro atoms. The lowest BCUT2D eigenvalue weighted by Crippen LogP contribution is -2.53. The molecule has 2 N–H and O–H groups in total. The van der Waals surface area contributed by atoms with Gasteiger partial charge in [-0.3, -0.25) is 0 Å². The van der Waals surface area contributed by atoms with Crippen molar-refractivity contribution < 1.29 is 29.2 Å². The zero-order valence-corrected chi connectivity index (χ0v) is 22.2. The van der Waals surface area contributed by atoms with Crippen LogP contribution in [0.25, 0.3) is 0 Å². The van der Waals surface area contributed by atoms with E-state index in [1.165, 1.54) is 0 Å². The van der Waals surface area contributed by atoms with Gasteiger partial charge in [0.2, 0.25) is 13.3 Å². The van der Waals surface area contributed by atoms with Crippen LogP contribution in [0.2, 0.25) is 0 Å². The first kappa shape index (κ1) is 25.3. The Labute approximate surface area is 206 Å². The molecule has 1 aliphatic heterocycles. The molecule has 3 aliphatic rings. The number of cyclic esters (lactones) is 1. The number of hydrogen-bond acceptors (Lipinski definition) is 7. The van der Waals surface area contributed by atoms with Crippen LogP contribution in [0.15, 0.2) is 0 Å². The molecule has 2 aliphatic carbocycles. The van der Waals surface area contributed by atoms with Gasteiger partial charge in [0.15, 0.2) is 5.05 Å². The van der Waals surface area contributed by atoms with Crippen molar-refractivity contribution in [3.8, 4) is 0 Å². The highest BCUT2D eigenvalue weighted by Gasteiger charge is 2.59. The Morgan fingerprint density at radius 3 is 2.58 bits per heavy atom. The molecular weight excluding hydrogens is 440 g/mol. The average Bonchev–Trinajstić information content (AvgIpc) is 3.27. The number of fused-ring (bicyclic) bond motifs is 1. The van der Waals surface area contributed by atoms with Crippen molar-refractivity contribution in [2.24, 2.45) is 34.5 Å². The lowest BCUT2D eigenvalue weighted by atomic mass is 9.61. The summed E-state index contributed by atoms with van der Waals surface area (Å²) in [5, 5.41) is 15.9. The van der Waals surface area contributed by atoms with Gasteiger partial charge in [-0.05, 0) is 74.4 Å². The summed E-state index contributed by atoms with van der Waals surface area (Å²) in [5.74, 6) is 0.305. The van der Waals surface area contributed by atoms with E-state index >= 15 is 0 Å². The van der Waals surface area contributed by atoms with E-state index in [1.54, 1.807) is 13.8 Å². The van der Waals surface area contributed by atoms with Crippen molar-refractivity contribution in [2.45, 2.75) is 111 Å². The predicted octanol–water partition coefficient (Wildman–Crippen LogP) is 4.64. The van der Waals surface area contributed by atoms with E-state index in [1.807, 2.05) is 20.8 Å². The summed E-state index contributed by atoms with van der Waals surface area (Å²) in [4.78, 5) is 13.1. The summed E-state index contributed by atoms with van der Waals surface area (Å²) >= 11 is 5.26. The zero-order valence-electron chi connectivity index (χ0n) is 22.4. The van der Waals surface area contributed by atoms with Crippen LogP contribution < -0.4 is 0 Å². The van der Waals surface area contributed by atoms with E-state index in [0.29, 0.717) is 23.3 Å². The molecule has 3 rings (SSSR count). The Kier molecular flexibility index (Phi) is 7.46. The molecule has 0 radical (unpaired) electrons. The molecule has 0 aromatic heterocycles. The molecule has 190 valence electrons. The molecule has 6 nitrogen and oxygen atoms in total. The van der Waals surface area contributed by atoms with Crippen molar-refractivity contribution in [2.75, 3.05) is 6.61 Å². The largest absolute Gasteiger partial charge is 0.480 e. The number of rotatable bonds is 8. The van der Waals surface area contributed by atoms with E-state index < -0.39 is 29.4 Å². The van der Waals surface area contributed by atoms with E-state index in [0.717, 1.165) is 32.1 Å². The van der Waals surface area contributed by atoms with Crippen LogP contribution in [0.5, 0.6) is 0 Å². The maximum absolute atomic E-state index is 13.1. The van der Waals surface area contributed by atoms with Crippen LogP contribution in [0, 0.1) is 34.5 Å². The molecule has 3 fully saturated rings. The maximum atomic E-state index is 13.1. The fourth-order valence-corrected chi connectivity index (χ4v) is 7.02. The molecule has 0 bridgehead atoms. The number of aliphatic hydroxyl groups is 2. The van der Waals surface area contributed by atoms with Gasteiger partial charge in [0, 0.05) is 24.9 Å². The van der Waals surface area contributed by atoms with Crippen molar-refractivity contribution in [3.05, 3.63) is 0 Å². The second kappa shape index (κ2) is 9.71. The molecule has 7 heteroatoms. The molecular formula is C26H44O6S. The van der Waals surface area contributed by atoms with Gasteiger partial charge in [0.25, 0.3) is 0 Å². The van der Waals surface area contributed by atoms with Crippen LogP contribution in [0.3, 0.4) is 0 Å². The molecule has 0 aromatic carbocycles. The molecule has 33 heavy (non-hydrogen) atoms. The van der Waals surface area contributed by atoms with Gasteiger partial charge < -0.3 is 24.4 Å². The predicted molar refractivity (Wildman–Crippen MR) is 131 cm³/mol. The molecule has 1 saturated heterocycles. The fraction of sp³-hybridized carbons (Fsp3) is 0.923. The molecule has 1 heterocycles. The third kappa shape index (κ3) is 5.12. The minimum atomic E-state index is -1.36. The quantitative estimate of drug-likeness (QED) is 0.382. The van der Waals surface area contributed by atoms with Crippen LogP contribution in [-0.4, -0.2) is 53.4 Å². The summed E-state index contributed by atoms with van der Waals surface area (Å²) < 4.78 is 25.4. The standard InChI is InChI=1S/C26H44O6S/c1-15(18-10-11-19-20(28)9-8-12-25(18,19)6)13-17(14-27)21(30-16(2)33)26(7)22(29)31-23(32-26)24(3,4)5/h15,17-21,23,27-28H,8-14H2,1-7H3/t15-,17+,18-,19?,20+,21?,23-,25-,26-/m1/s1/i28T. The van der Waals surface area contributed by atoms with Gasteiger partial charge in [-0.25, -0.2) is 4.79 Å². The first-order valence-electron chi connectivity index (χ1n) is 13.0. The first-order valence-corrected chi connectivity index (χ1v) is 13.0. The van der Waals surface area contributed by atoms with Crippen LogP contribution in [-0.2, 0) is 19.0 Å². The van der Waals surface area contributed by atoms with Gasteiger partial charge in [0.05, 0.1) is 6.10 Å². The Morgan fingerprint density at radius 2 is 2.03 bits per heavy atom. The minimum absolute atomic E-state index is 0.00744. The Morgan fingerprint density at radius 1 is 1.33 bits per heavy atom. The highest BCUT2D eigenvalue weighted by Crippen LogP contribution is 2.58. The second-order valence-electron chi connectivity index (χ2n) is 12.2. The van der Waals surface area contributed by atoms with Gasteiger partial charge in [-0.2, -0.15) is 0 Å². The molecule has 9 atom stereocenters. The third-order valence-electron chi connectivity index (χ3n) is 8.67. The van der Waals surface area contributed by atoms with Crippen molar-refractivity contribution in [1.29, 1.82) is 1.43 Å². The number of esters is 1. The van der Waals surface area contributed by atoms with Crippen LogP contribution >= 0.6 is 12.2 Å². The van der Waals surface area contributed by atoms with E-state index in [9.17, 15) is 9.90 Å². The summed E-state index contributed by atoms with van der Waals surface area (Å²) in [7, 11) is 0. The normalized spacial score (nSPS) is 39.9. The molecule has 0 aromatic rings. The number of carbonyl (C=O) groups excluding carboxylic acids is 1. The lowest BCUT2D eigenvalue weighted by Gasteiger charge is -2.46. The molecule has 2 unspecified atom stereocenters. The van der Waals surface area contributed by atoms with Gasteiger partial charge in [-0.15, -0.1) is 0 Å². The van der Waals surface area contributed by atoms with E-state index in [4.69, 9.17) is 33.0 Å². The maximum Gasteiger partial charge on any atom is 0.344 e. The monoisotopic (exact) mass is 486 g/mol. The number of hydrogen-bond donors (Lipinski definition) is 2. The molecule has 0 amide bonds. The first-order chi connectivity index (χ1) is 15.8. The van der Waals surface area contributed by atoms with Crippen molar-refractivity contribution in [3.63, 3.8) is 0 Å². The van der Waals surface area contributed by atoms with Crippen molar-refractivity contribution in [1.82, 2.24) is 0 Å². The highest BCUT2D eigenvalue weighted by molar-refractivity contribution is 7.80. The van der Waals surface area contributed by atoms with E-state index in [2.05, 4.69) is 13.8 Å². The Hall–Kier alpha value is -0.760. The fourth-order valence-electron chi connectivity index (χ4n) is 6.91. The summed E-state index contributed by atoms with van der Waals surface area (Å²) in [5.41, 5.74) is -1.64.